The zero-order chi connectivity index (χ0) is 10.3. The van der Waals surface area contributed by atoms with Crippen LogP contribution in [0, 0.1) is 23.7 Å². The number of esters is 2. The maximum Gasteiger partial charge on any atom is 0.309 e. The van der Waals surface area contributed by atoms with Crippen LogP contribution >= 0.6 is 0 Å². The van der Waals surface area contributed by atoms with Crippen molar-refractivity contribution in [3.8, 4) is 0 Å². The van der Waals surface area contributed by atoms with Crippen LogP contribution in [0.4, 0.5) is 0 Å². The molecule has 4 nitrogen and oxygen atoms in total. The number of carbonyl (C=O) groups excluding carboxylic acids is 2. The van der Waals surface area contributed by atoms with Crippen LogP contribution < -0.4 is 0 Å². The van der Waals surface area contributed by atoms with Crippen LogP contribution in [0.1, 0.15) is 12.8 Å². The SMILES string of the molecule is COC(=O)[C@@H]1[C@@H]2CC[C@H]2[C@@H]1C(=O)OC. The fourth-order valence-corrected chi connectivity index (χ4v) is 2.75. The van der Waals surface area contributed by atoms with Gasteiger partial charge in [0.05, 0.1) is 26.1 Å². The van der Waals surface area contributed by atoms with Gasteiger partial charge in [0.25, 0.3) is 0 Å². The van der Waals surface area contributed by atoms with E-state index in [0.29, 0.717) is 11.8 Å². The lowest BCUT2D eigenvalue weighted by atomic mass is 9.47. The van der Waals surface area contributed by atoms with Gasteiger partial charge < -0.3 is 9.47 Å². The molecule has 0 spiro atoms. The molecular formula is C10H14O4. The Morgan fingerprint density at radius 2 is 1.29 bits per heavy atom. The molecule has 0 aromatic heterocycles. The van der Waals surface area contributed by atoms with Gasteiger partial charge >= 0.3 is 11.9 Å². The van der Waals surface area contributed by atoms with E-state index in [9.17, 15) is 9.59 Å². The molecule has 0 radical (unpaired) electrons. The summed E-state index contributed by atoms with van der Waals surface area (Å²) < 4.78 is 9.37. The first-order valence-electron chi connectivity index (χ1n) is 4.86. The van der Waals surface area contributed by atoms with Crippen LogP contribution in [-0.2, 0) is 19.1 Å². The number of methoxy groups -OCH3 is 2. The summed E-state index contributed by atoms with van der Waals surface area (Å²) in [6, 6.07) is 0. The fraction of sp³-hybridized carbons (Fsp3) is 0.800. The van der Waals surface area contributed by atoms with Gasteiger partial charge in [-0.15, -0.1) is 0 Å². The summed E-state index contributed by atoms with van der Waals surface area (Å²) in [6.45, 7) is 0. The number of ether oxygens (including phenoxy) is 2. The van der Waals surface area contributed by atoms with Crippen LogP contribution in [0.2, 0.25) is 0 Å². The van der Waals surface area contributed by atoms with Gasteiger partial charge in [-0.25, -0.2) is 0 Å². The minimum absolute atomic E-state index is 0.244. The predicted octanol–water partition coefficient (Wildman–Crippen LogP) is 0.605. The quantitative estimate of drug-likeness (QED) is 0.610. The summed E-state index contributed by atoms with van der Waals surface area (Å²) in [5.74, 6) is -0.279. The Morgan fingerprint density at radius 3 is 1.50 bits per heavy atom. The Balaban J connectivity index is 2.08. The first kappa shape index (κ1) is 9.49. The smallest absolute Gasteiger partial charge is 0.309 e. The Labute approximate surface area is 82.6 Å². The number of hydrogen-bond acceptors (Lipinski definition) is 4. The van der Waals surface area contributed by atoms with Gasteiger partial charge in [-0.1, -0.05) is 0 Å². The number of carbonyl (C=O) groups is 2. The third-order valence-electron chi connectivity index (χ3n) is 3.64. The minimum Gasteiger partial charge on any atom is -0.469 e. The van der Waals surface area contributed by atoms with E-state index in [4.69, 9.17) is 0 Å². The molecule has 14 heavy (non-hydrogen) atoms. The van der Waals surface area contributed by atoms with E-state index in [-0.39, 0.29) is 23.8 Å². The van der Waals surface area contributed by atoms with Crippen LogP contribution in [0.25, 0.3) is 0 Å². The Kier molecular flexibility index (Phi) is 2.21. The second-order valence-corrected chi connectivity index (χ2v) is 4.00. The zero-order valence-corrected chi connectivity index (χ0v) is 8.36. The van der Waals surface area contributed by atoms with E-state index in [1.165, 1.54) is 14.2 Å². The monoisotopic (exact) mass is 198 g/mol. The zero-order valence-electron chi connectivity index (χ0n) is 8.36. The summed E-state index contributed by atoms with van der Waals surface area (Å²) in [5.41, 5.74) is 0. The molecule has 2 rings (SSSR count). The maximum atomic E-state index is 11.4. The van der Waals surface area contributed by atoms with Gasteiger partial charge in [0.1, 0.15) is 0 Å². The summed E-state index contributed by atoms with van der Waals surface area (Å²) in [7, 11) is 2.73. The van der Waals surface area contributed by atoms with Crippen LogP contribution in [-0.4, -0.2) is 26.2 Å². The Morgan fingerprint density at radius 1 is 0.929 bits per heavy atom. The van der Waals surface area contributed by atoms with Crippen molar-refractivity contribution in [1.82, 2.24) is 0 Å². The average molecular weight is 198 g/mol. The van der Waals surface area contributed by atoms with Gasteiger partial charge in [-0.3, -0.25) is 9.59 Å². The number of fused-ring (bicyclic) bond motifs is 1. The van der Waals surface area contributed by atoms with Gasteiger partial charge in [0.2, 0.25) is 0 Å². The van der Waals surface area contributed by atoms with Crippen LogP contribution in [0.15, 0.2) is 0 Å². The van der Waals surface area contributed by atoms with Crippen LogP contribution in [0.5, 0.6) is 0 Å². The van der Waals surface area contributed by atoms with Crippen molar-refractivity contribution in [2.45, 2.75) is 12.8 Å². The number of hydrogen-bond donors (Lipinski definition) is 0. The molecule has 0 amide bonds. The second kappa shape index (κ2) is 3.26. The van der Waals surface area contributed by atoms with Crippen molar-refractivity contribution in [1.29, 1.82) is 0 Å². The molecule has 2 aliphatic rings. The van der Waals surface area contributed by atoms with Crippen molar-refractivity contribution < 1.29 is 19.1 Å². The lowest BCUT2D eigenvalue weighted by Gasteiger charge is -2.56. The van der Waals surface area contributed by atoms with E-state index in [1.54, 1.807) is 0 Å². The molecule has 2 fully saturated rings. The molecule has 0 heterocycles. The van der Waals surface area contributed by atoms with E-state index in [1.807, 2.05) is 0 Å². The summed E-state index contributed by atoms with van der Waals surface area (Å²) >= 11 is 0. The van der Waals surface area contributed by atoms with Gasteiger partial charge in [0, 0.05) is 0 Å². The molecule has 4 atom stereocenters. The van der Waals surface area contributed by atoms with Crippen molar-refractivity contribution >= 4 is 11.9 Å². The van der Waals surface area contributed by atoms with Crippen molar-refractivity contribution in [2.75, 3.05) is 14.2 Å². The average Bonchev–Trinajstić information content (AvgIpc) is 2.18. The van der Waals surface area contributed by atoms with E-state index in [0.717, 1.165) is 12.8 Å². The highest BCUT2D eigenvalue weighted by molar-refractivity contribution is 5.85. The third kappa shape index (κ3) is 1.06. The van der Waals surface area contributed by atoms with Crippen LogP contribution in [0.3, 0.4) is 0 Å². The van der Waals surface area contributed by atoms with Gasteiger partial charge in [0.15, 0.2) is 0 Å². The summed E-state index contributed by atoms with van der Waals surface area (Å²) in [5, 5.41) is 0. The second-order valence-electron chi connectivity index (χ2n) is 4.00. The molecule has 78 valence electrons. The van der Waals surface area contributed by atoms with Crippen molar-refractivity contribution in [2.24, 2.45) is 23.7 Å². The highest BCUT2D eigenvalue weighted by Gasteiger charge is 2.62. The molecule has 4 heteroatoms. The topological polar surface area (TPSA) is 52.6 Å². The molecule has 0 N–H and O–H groups in total. The van der Waals surface area contributed by atoms with Crippen molar-refractivity contribution in [3.63, 3.8) is 0 Å². The molecule has 2 saturated carbocycles. The van der Waals surface area contributed by atoms with Gasteiger partial charge in [-0.05, 0) is 24.7 Å². The van der Waals surface area contributed by atoms with E-state index in [2.05, 4.69) is 9.47 Å². The van der Waals surface area contributed by atoms with E-state index >= 15 is 0 Å². The largest absolute Gasteiger partial charge is 0.469 e. The Hall–Kier alpha value is -1.06. The lowest BCUT2D eigenvalue weighted by molar-refractivity contribution is -0.191. The van der Waals surface area contributed by atoms with Gasteiger partial charge in [-0.2, -0.15) is 0 Å². The highest BCUT2D eigenvalue weighted by Crippen LogP contribution is 2.58. The summed E-state index contributed by atoms with van der Waals surface area (Å²) in [6.07, 6.45) is 2.08. The lowest BCUT2D eigenvalue weighted by Crippen LogP contribution is -2.59. The highest BCUT2D eigenvalue weighted by atomic mass is 16.5. The molecule has 0 unspecified atom stereocenters. The molecule has 0 aromatic rings. The molecule has 0 aliphatic heterocycles. The summed E-state index contributed by atoms with van der Waals surface area (Å²) in [4.78, 5) is 22.8. The third-order valence-corrected chi connectivity index (χ3v) is 3.64. The molecule has 2 aliphatic carbocycles. The standard InChI is InChI=1S/C10H14O4/c1-13-9(11)7-5-3-4-6(5)8(7)10(12)14-2/h5-8H,3-4H2,1-2H3/t5-,6-,7-,8+/m1/s1. The predicted molar refractivity (Wildman–Crippen MR) is 47.2 cm³/mol. The molecule has 0 bridgehead atoms. The molecular weight excluding hydrogens is 184 g/mol. The van der Waals surface area contributed by atoms with E-state index < -0.39 is 0 Å². The first-order valence-corrected chi connectivity index (χ1v) is 4.86. The first-order chi connectivity index (χ1) is 6.70. The minimum atomic E-state index is -0.263. The molecule has 0 saturated heterocycles. The molecule has 0 aromatic carbocycles. The normalized spacial score (nSPS) is 38.7. The van der Waals surface area contributed by atoms with Crippen molar-refractivity contribution in [3.05, 3.63) is 0 Å². The fourth-order valence-electron chi connectivity index (χ4n) is 2.75. The maximum absolute atomic E-state index is 11.4. The Bertz CT molecular complexity index is 245. The number of rotatable bonds is 2.